The van der Waals surface area contributed by atoms with Crippen LogP contribution in [0.25, 0.3) is 0 Å². The van der Waals surface area contributed by atoms with Crippen LogP contribution in [0, 0.1) is 0 Å². The van der Waals surface area contributed by atoms with Gasteiger partial charge in [-0.15, -0.1) is 0 Å². The summed E-state index contributed by atoms with van der Waals surface area (Å²) in [6, 6.07) is 2.42. The minimum atomic E-state index is 0.435. The van der Waals surface area contributed by atoms with E-state index in [2.05, 4.69) is 40.5 Å². The van der Waals surface area contributed by atoms with Crippen molar-refractivity contribution in [2.24, 2.45) is 0 Å². The summed E-state index contributed by atoms with van der Waals surface area (Å²) in [6.45, 7) is 5.27. The van der Waals surface area contributed by atoms with E-state index >= 15 is 0 Å². The second kappa shape index (κ2) is 7.88. The van der Waals surface area contributed by atoms with E-state index in [1.54, 1.807) is 11.9 Å². The van der Waals surface area contributed by atoms with Crippen LogP contribution >= 0.6 is 0 Å². The van der Waals surface area contributed by atoms with Crippen LogP contribution in [0.3, 0.4) is 0 Å². The number of aromatic nitrogens is 2. The average Bonchev–Trinajstić information content (AvgIpc) is 2.48. The maximum atomic E-state index is 4.27. The lowest BCUT2D eigenvalue weighted by molar-refractivity contribution is 0.679. The first-order valence-corrected chi connectivity index (χ1v) is 7.78. The molecule has 0 saturated heterocycles. The molecule has 0 aromatic carbocycles. The van der Waals surface area contributed by atoms with Crippen LogP contribution in [-0.2, 0) is 0 Å². The van der Waals surface area contributed by atoms with E-state index in [1.807, 2.05) is 6.07 Å². The van der Waals surface area contributed by atoms with Crippen molar-refractivity contribution in [3.8, 4) is 0 Å². The number of nitrogens with one attached hydrogen (secondary N) is 2. The molecule has 110 valence electrons. The van der Waals surface area contributed by atoms with Gasteiger partial charge in [0.1, 0.15) is 18.0 Å². The Labute approximate surface area is 122 Å². The lowest BCUT2D eigenvalue weighted by Gasteiger charge is -2.14. The Bertz CT molecular complexity index is 442. The van der Waals surface area contributed by atoms with Crippen molar-refractivity contribution in [3.63, 3.8) is 0 Å². The summed E-state index contributed by atoms with van der Waals surface area (Å²) in [5.74, 6) is 1.80. The van der Waals surface area contributed by atoms with Crippen LogP contribution < -0.4 is 10.6 Å². The molecule has 1 unspecified atom stereocenters. The fourth-order valence-corrected chi connectivity index (χ4v) is 2.37. The third-order valence-electron chi connectivity index (χ3n) is 3.81. The third kappa shape index (κ3) is 4.83. The third-order valence-corrected chi connectivity index (χ3v) is 3.81. The summed E-state index contributed by atoms with van der Waals surface area (Å²) in [7, 11) is 0. The molecule has 1 aliphatic carbocycles. The summed E-state index contributed by atoms with van der Waals surface area (Å²) in [5, 5.41) is 6.76. The predicted octanol–water partition coefficient (Wildman–Crippen LogP) is 3.99. The molecular formula is C16H26N4. The van der Waals surface area contributed by atoms with Gasteiger partial charge >= 0.3 is 0 Å². The van der Waals surface area contributed by atoms with Gasteiger partial charge < -0.3 is 10.6 Å². The number of hydrogen-bond acceptors (Lipinski definition) is 4. The van der Waals surface area contributed by atoms with E-state index in [4.69, 9.17) is 0 Å². The standard InChI is InChI=1S/C16H26N4/c1-3-13(2)20-16-11-15(18-12-19-16)17-10-9-14-7-5-4-6-8-14/h7,11-13H,3-6,8-10H2,1-2H3,(H2,17,18,19,20). The maximum Gasteiger partial charge on any atom is 0.131 e. The Morgan fingerprint density at radius 2 is 2.10 bits per heavy atom. The van der Waals surface area contributed by atoms with Gasteiger partial charge in [-0.3, -0.25) is 0 Å². The van der Waals surface area contributed by atoms with Crippen molar-refractivity contribution in [2.75, 3.05) is 17.2 Å². The van der Waals surface area contributed by atoms with Gasteiger partial charge in [0.05, 0.1) is 0 Å². The van der Waals surface area contributed by atoms with Gasteiger partial charge in [-0.05, 0) is 45.4 Å². The number of nitrogens with zero attached hydrogens (tertiary/aromatic N) is 2. The molecule has 0 aliphatic heterocycles. The molecule has 1 aliphatic rings. The van der Waals surface area contributed by atoms with E-state index in [1.165, 1.54) is 25.7 Å². The van der Waals surface area contributed by atoms with Crippen LogP contribution in [0.15, 0.2) is 24.0 Å². The molecule has 1 aromatic rings. The van der Waals surface area contributed by atoms with E-state index in [0.29, 0.717) is 6.04 Å². The van der Waals surface area contributed by atoms with E-state index in [0.717, 1.165) is 31.0 Å². The summed E-state index contributed by atoms with van der Waals surface area (Å²) >= 11 is 0. The van der Waals surface area contributed by atoms with Crippen molar-refractivity contribution in [2.45, 2.75) is 58.4 Å². The molecular weight excluding hydrogens is 248 g/mol. The van der Waals surface area contributed by atoms with Crippen molar-refractivity contribution in [1.82, 2.24) is 9.97 Å². The van der Waals surface area contributed by atoms with Crippen molar-refractivity contribution in [3.05, 3.63) is 24.0 Å². The molecule has 1 heterocycles. The molecule has 0 radical (unpaired) electrons. The van der Waals surface area contributed by atoms with Crippen LogP contribution in [0.2, 0.25) is 0 Å². The molecule has 0 fully saturated rings. The van der Waals surface area contributed by atoms with Gasteiger partial charge in [0.15, 0.2) is 0 Å². The molecule has 2 N–H and O–H groups in total. The van der Waals surface area contributed by atoms with Gasteiger partial charge in [0.2, 0.25) is 0 Å². The molecule has 2 rings (SSSR count). The number of hydrogen-bond donors (Lipinski definition) is 2. The minimum absolute atomic E-state index is 0.435. The molecule has 0 bridgehead atoms. The van der Waals surface area contributed by atoms with Gasteiger partial charge in [-0.2, -0.15) is 0 Å². The van der Waals surface area contributed by atoms with Crippen LogP contribution in [0.4, 0.5) is 11.6 Å². The quantitative estimate of drug-likeness (QED) is 0.738. The molecule has 0 amide bonds. The Kier molecular flexibility index (Phi) is 5.84. The molecule has 1 atom stereocenters. The molecule has 1 aromatic heterocycles. The summed E-state index contributed by atoms with van der Waals surface area (Å²) in [6.07, 6.45) is 11.5. The van der Waals surface area contributed by atoms with Crippen LogP contribution in [0.5, 0.6) is 0 Å². The largest absolute Gasteiger partial charge is 0.370 e. The first-order chi connectivity index (χ1) is 9.78. The molecule has 4 heteroatoms. The maximum absolute atomic E-state index is 4.27. The first-order valence-electron chi connectivity index (χ1n) is 7.78. The first kappa shape index (κ1) is 14.8. The van der Waals surface area contributed by atoms with E-state index in [-0.39, 0.29) is 0 Å². The Morgan fingerprint density at radius 1 is 1.25 bits per heavy atom. The van der Waals surface area contributed by atoms with Crippen LogP contribution in [0.1, 0.15) is 52.4 Å². The highest BCUT2D eigenvalue weighted by Crippen LogP contribution is 2.20. The minimum Gasteiger partial charge on any atom is -0.370 e. The molecule has 20 heavy (non-hydrogen) atoms. The normalized spacial score (nSPS) is 16.4. The Hall–Kier alpha value is -1.58. The van der Waals surface area contributed by atoms with Crippen molar-refractivity contribution < 1.29 is 0 Å². The Morgan fingerprint density at radius 3 is 2.85 bits per heavy atom. The van der Waals surface area contributed by atoms with Crippen LogP contribution in [-0.4, -0.2) is 22.6 Å². The number of allylic oxidation sites excluding steroid dienone is 1. The number of rotatable bonds is 7. The molecule has 0 spiro atoms. The van der Waals surface area contributed by atoms with Gasteiger partial charge in [0, 0.05) is 18.7 Å². The predicted molar refractivity (Wildman–Crippen MR) is 85.1 cm³/mol. The van der Waals surface area contributed by atoms with Gasteiger partial charge in [-0.1, -0.05) is 18.6 Å². The van der Waals surface area contributed by atoms with Crippen molar-refractivity contribution in [1.29, 1.82) is 0 Å². The van der Waals surface area contributed by atoms with Gasteiger partial charge in [0.25, 0.3) is 0 Å². The molecule has 4 nitrogen and oxygen atoms in total. The average molecular weight is 274 g/mol. The fraction of sp³-hybridized carbons (Fsp3) is 0.625. The monoisotopic (exact) mass is 274 g/mol. The topological polar surface area (TPSA) is 49.8 Å². The highest BCUT2D eigenvalue weighted by Gasteiger charge is 2.04. The van der Waals surface area contributed by atoms with Gasteiger partial charge in [-0.25, -0.2) is 9.97 Å². The highest BCUT2D eigenvalue weighted by atomic mass is 15.1. The second-order valence-electron chi connectivity index (χ2n) is 5.53. The summed E-state index contributed by atoms with van der Waals surface area (Å²) < 4.78 is 0. The zero-order valence-corrected chi connectivity index (χ0v) is 12.7. The summed E-state index contributed by atoms with van der Waals surface area (Å²) in [4.78, 5) is 8.53. The highest BCUT2D eigenvalue weighted by molar-refractivity contribution is 5.46. The smallest absolute Gasteiger partial charge is 0.131 e. The lowest BCUT2D eigenvalue weighted by Crippen LogP contribution is -2.15. The number of anilines is 2. The Balaban J connectivity index is 1.80. The fourth-order valence-electron chi connectivity index (χ4n) is 2.37. The summed E-state index contributed by atoms with van der Waals surface area (Å²) in [5.41, 5.74) is 1.59. The molecule has 0 saturated carbocycles. The zero-order valence-electron chi connectivity index (χ0n) is 12.7. The van der Waals surface area contributed by atoms with E-state index in [9.17, 15) is 0 Å². The lowest BCUT2D eigenvalue weighted by atomic mass is 9.97. The SMILES string of the molecule is CCC(C)Nc1cc(NCCC2=CCCCC2)ncn1. The van der Waals surface area contributed by atoms with Crippen molar-refractivity contribution >= 4 is 11.6 Å². The zero-order chi connectivity index (χ0) is 14.2. The van der Waals surface area contributed by atoms with E-state index < -0.39 is 0 Å². The second-order valence-corrected chi connectivity index (χ2v) is 5.53.